The van der Waals surface area contributed by atoms with Gasteiger partial charge in [-0.1, -0.05) is 18.2 Å². The summed E-state index contributed by atoms with van der Waals surface area (Å²) < 4.78 is 0. The van der Waals surface area contributed by atoms with Crippen LogP contribution < -0.4 is 10.2 Å². The Morgan fingerprint density at radius 1 is 1.38 bits per heavy atom. The number of hydrogen-bond donors (Lipinski definition) is 2. The minimum Gasteiger partial charge on any atom is -0.324 e. The second kappa shape index (κ2) is 3.30. The van der Waals surface area contributed by atoms with Gasteiger partial charge in [-0.15, -0.1) is 0 Å². The minimum atomic E-state index is -0.0776. The number of benzene rings is 1. The lowest BCUT2D eigenvalue weighted by Gasteiger charge is -2.13. The van der Waals surface area contributed by atoms with Crippen molar-refractivity contribution in [2.45, 2.75) is 5.37 Å². The van der Waals surface area contributed by atoms with E-state index in [1.165, 1.54) is 0 Å². The molecule has 0 spiro atoms. The van der Waals surface area contributed by atoms with E-state index in [4.69, 9.17) is 0 Å². The summed E-state index contributed by atoms with van der Waals surface area (Å²) in [6, 6.07) is 9.49. The van der Waals surface area contributed by atoms with E-state index in [9.17, 15) is 4.79 Å². The first-order valence-corrected chi connectivity index (χ1v) is 4.60. The van der Waals surface area contributed by atoms with Crippen molar-refractivity contribution in [3.05, 3.63) is 30.3 Å². The molecule has 1 aliphatic rings. The molecular weight excluding hydrogens is 184 g/mol. The molecule has 2 rings (SSSR count). The molecule has 0 saturated carbocycles. The molecule has 3 nitrogen and oxygen atoms in total. The lowest BCUT2D eigenvalue weighted by Crippen LogP contribution is -2.27. The van der Waals surface area contributed by atoms with Crippen LogP contribution in [0.2, 0.25) is 0 Å². The monoisotopic (exact) mass is 194 g/mol. The van der Waals surface area contributed by atoms with Crippen LogP contribution in [-0.2, 0) is 0 Å². The van der Waals surface area contributed by atoms with Crippen LogP contribution >= 0.6 is 12.6 Å². The molecule has 68 valence electrons. The van der Waals surface area contributed by atoms with Crippen molar-refractivity contribution in [1.82, 2.24) is 5.32 Å². The molecule has 0 radical (unpaired) electrons. The summed E-state index contributed by atoms with van der Waals surface area (Å²) in [6.07, 6.45) is 0. The number of thiol groups is 1. The van der Waals surface area contributed by atoms with Crippen molar-refractivity contribution in [3.63, 3.8) is 0 Å². The zero-order chi connectivity index (χ0) is 9.26. The van der Waals surface area contributed by atoms with Crippen LogP contribution in [-0.4, -0.2) is 17.9 Å². The maximum absolute atomic E-state index is 11.4. The number of anilines is 1. The zero-order valence-corrected chi connectivity index (χ0v) is 7.87. The predicted octanol–water partition coefficient (Wildman–Crippen LogP) is 1.47. The summed E-state index contributed by atoms with van der Waals surface area (Å²) in [7, 11) is 0. The minimum absolute atomic E-state index is 0.0623. The Hall–Kier alpha value is -1.16. The summed E-state index contributed by atoms with van der Waals surface area (Å²) in [5, 5.41) is 2.65. The highest BCUT2D eigenvalue weighted by molar-refractivity contribution is 7.81. The molecule has 1 aromatic rings. The Balaban J connectivity index is 2.23. The Morgan fingerprint density at radius 2 is 2.08 bits per heavy atom. The smallest absolute Gasteiger partial charge is 0.322 e. The van der Waals surface area contributed by atoms with Gasteiger partial charge in [-0.25, -0.2) is 4.79 Å². The molecule has 0 bridgehead atoms. The van der Waals surface area contributed by atoms with Gasteiger partial charge in [0.05, 0.1) is 11.9 Å². The summed E-state index contributed by atoms with van der Waals surface area (Å²) >= 11 is 4.19. The number of urea groups is 1. The fourth-order valence-corrected chi connectivity index (χ4v) is 1.63. The van der Waals surface area contributed by atoms with Gasteiger partial charge < -0.3 is 5.32 Å². The zero-order valence-electron chi connectivity index (χ0n) is 6.97. The van der Waals surface area contributed by atoms with Gasteiger partial charge in [-0.05, 0) is 12.1 Å². The summed E-state index contributed by atoms with van der Waals surface area (Å²) in [5.74, 6) is 0. The second-order valence-corrected chi connectivity index (χ2v) is 3.53. The molecule has 4 heteroatoms. The first-order valence-electron chi connectivity index (χ1n) is 4.08. The third kappa shape index (κ3) is 1.62. The molecule has 1 aliphatic heterocycles. The van der Waals surface area contributed by atoms with E-state index in [0.717, 1.165) is 5.69 Å². The van der Waals surface area contributed by atoms with Crippen LogP contribution in [0.5, 0.6) is 0 Å². The lowest BCUT2D eigenvalue weighted by molar-refractivity contribution is 0.252. The van der Waals surface area contributed by atoms with Gasteiger partial charge in [-0.3, -0.25) is 4.90 Å². The fourth-order valence-electron chi connectivity index (χ4n) is 1.35. The molecule has 1 fully saturated rings. The van der Waals surface area contributed by atoms with Crippen LogP contribution in [0.4, 0.5) is 10.5 Å². The molecule has 1 aromatic carbocycles. The number of amides is 2. The highest BCUT2D eigenvalue weighted by Crippen LogP contribution is 2.18. The average molecular weight is 194 g/mol. The maximum Gasteiger partial charge on any atom is 0.322 e. The molecule has 1 unspecified atom stereocenters. The maximum atomic E-state index is 11.4. The van der Waals surface area contributed by atoms with E-state index in [1.807, 2.05) is 30.3 Å². The van der Waals surface area contributed by atoms with E-state index < -0.39 is 0 Å². The van der Waals surface area contributed by atoms with Crippen molar-refractivity contribution in [2.24, 2.45) is 0 Å². The molecule has 2 amide bonds. The third-order valence-corrected chi connectivity index (χ3v) is 2.25. The number of carbonyl (C=O) groups is 1. The summed E-state index contributed by atoms with van der Waals surface area (Å²) in [6.45, 7) is 0.617. The molecule has 1 saturated heterocycles. The number of carbonyl (C=O) groups excluding carboxylic acids is 1. The van der Waals surface area contributed by atoms with E-state index in [2.05, 4.69) is 17.9 Å². The SMILES string of the molecule is O=C1NC(S)CN1c1ccccc1. The lowest BCUT2D eigenvalue weighted by atomic mass is 10.3. The standard InChI is InChI=1S/C9H10N2OS/c12-9-10-8(13)6-11(9)7-4-2-1-3-5-7/h1-5,8,13H,6H2,(H,10,12). The molecule has 0 aromatic heterocycles. The molecule has 1 N–H and O–H groups in total. The Labute approximate surface area is 82.1 Å². The van der Waals surface area contributed by atoms with E-state index in [-0.39, 0.29) is 11.4 Å². The van der Waals surface area contributed by atoms with Crippen molar-refractivity contribution in [3.8, 4) is 0 Å². The quantitative estimate of drug-likeness (QED) is 0.652. The van der Waals surface area contributed by atoms with Gasteiger partial charge >= 0.3 is 6.03 Å². The molecule has 1 heterocycles. The topological polar surface area (TPSA) is 32.3 Å². The van der Waals surface area contributed by atoms with Gasteiger partial charge in [0, 0.05) is 5.69 Å². The van der Waals surface area contributed by atoms with Gasteiger partial charge in [-0.2, -0.15) is 12.6 Å². The third-order valence-electron chi connectivity index (χ3n) is 1.96. The molecular formula is C9H10N2OS. The van der Waals surface area contributed by atoms with Crippen LogP contribution in [0.15, 0.2) is 30.3 Å². The first kappa shape index (κ1) is 8.44. The fraction of sp³-hybridized carbons (Fsp3) is 0.222. The van der Waals surface area contributed by atoms with Crippen molar-refractivity contribution in [2.75, 3.05) is 11.4 Å². The summed E-state index contributed by atoms with van der Waals surface area (Å²) in [4.78, 5) is 13.0. The van der Waals surface area contributed by atoms with Gasteiger partial charge in [0.1, 0.15) is 0 Å². The Kier molecular flexibility index (Phi) is 2.14. The number of rotatable bonds is 1. The number of hydrogen-bond acceptors (Lipinski definition) is 2. The normalized spacial score (nSPS) is 21.8. The second-order valence-electron chi connectivity index (χ2n) is 2.91. The highest BCUT2D eigenvalue weighted by atomic mass is 32.1. The van der Waals surface area contributed by atoms with Gasteiger partial charge in [0.25, 0.3) is 0 Å². The van der Waals surface area contributed by atoms with Gasteiger partial charge in [0.15, 0.2) is 0 Å². The summed E-state index contributed by atoms with van der Waals surface area (Å²) in [5.41, 5.74) is 0.913. The van der Waals surface area contributed by atoms with E-state index in [0.29, 0.717) is 6.54 Å². The van der Waals surface area contributed by atoms with E-state index >= 15 is 0 Å². The van der Waals surface area contributed by atoms with Crippen LogP contribution in [0.25, 0.3) is 0 Å². The predicted molar refractivity (Wildman–Crippen MR) is 55.1 cm³/mol. The molecule has 0 aliphatic carbocycles. The van der Waals surface area contributed by atoms with Gasteiger partial charge in [0.2, 0.25) is 0 Å². The van der Waals surface area contributed by atoms with Crippen LogP contribution in [0.3, 0.4) is 0 Å². The number of nitrogens with zero attached hydrogens (tertiary/aromatic N) is 1. The van der Waals surface area contributed by atoms with Crippen molar-refractivity contribution >= 4 is 24.3 Å². The number of para-hydroxylation sites is 1. The molecule has 13 heavy (non-hydrogen) atoms. The largest absolute Gasteiger partial charge is 0.324 e. The Morgan fingerprint density at radius 3 is 2.62 bits per heavy atom. The van der Waals surface area contributed by atoms with Crippen LogP contribution in [0, 0.1) is 0 Å². The van der Waals surface area contributed by atoms with Crippen molar-refractivity contribution in [1.29, 1.82) is 0 Å². The molecule has 1 atom stereocenters. The average Bonchev–Trinajstić information content (AvgIpc) is 2.47. The number of nitrogens with one attached hydrogen (secondary N) is 1. The highest BCUT2D eigenvalue weighted by Gasteiger charge is 2.26. The first-order chi connectivity index (χ1) is 6.27. The van der Waals surface area contributed by atoms with Crippen LogP contribution in [0.1, 0.15) is 0 Å². The van der Waals surface area contributed by atoms with Crippen molar-refractivity contribution < 1.29 is 4.79 Å². The van der Waals surface area contributed by atoms with E-state index in [1.54, 1.807) is 4.90 Å². The Bertz CT molecular complexity index is 315.